The third-order valence-electron chi connectivity index (χ3n) is 4.53. The number of rotatable bonds is 8. The van der Waals surface area contributed by atoms with E-state index in [0.29, 0.717) is 17.2 Å². The van der Waals surface area contributed by atoms with Gasteiger partial charge in [-0.3, -0.25) is 10.1 Å². The molecule has 170 valence electrons. The molecule has 0 radical (unpaired) electrons. The highest BCUT2D eigenvalue weighted by Gasteiger charge is 2.29. The molecule has 1 aliphatic rings. The van der Waals surface area contributed by atoms with Crippen molar-refractivity contribution in [1.82, 2.24) is 5.20 Å². The molecule has 11 heteroatoms. The predicted molar refractivity (Wildman–Crippen MR) is 121 cm³/mol. The summed E-state index contributed by atoms with van der Waals surface area (Å²) in [6.07, 6.45) is 1.14. The van der Waals surface area contributed by atoms with E-state index in [-0.39, 0.29) is 23.8 Å². The lowest BCUT2D eigenvalue weighted by molar-refractivity contribution is -0.385. The number of hydrazone groups is 1. The normalized spacial score (nSPS) is 12.5. The van der Waals surface area contributed by atoms with Gasteiger partial charge < -0.3 is 18.5 Å². The molecule has 0 amide bonds. The molecule has 3 aromatic rings. The molecule has 0 aliphatic carbocycles. The first kappa shape index (κ1) is 22.2. The second kappa shape index (κ2) is 9.22. The van der Waals surface area contributed by atoms with Crippen molar-refractivity contribution in [3.05, 3.63) is 87.5 Å². The smallest absolute Gasteiger partial charge is 0.454 e. The lowest BCUT2D eigenvalue weighted by Gasteiger charge is -2.19. The number of fused-ring (bicyclic) bond motifs is 1. The molecule has 3 aromatic carbocycles. The standard InChI is InChI=1S/C22H20N3O7P/c1-15-5-3-7-18(9-15)31-33(28,32-19-8-4-6-16(2)10-19)24-23-13-17-11-21-22(30-14-29-21)12-20(17)25(26)27/h3-13H,14H2,1-2H3,(H,24,28). The second-order valence-electron chi connectivity index (χ2n) is 7.19. The van der Waals surface area contributed by atoms with Gasteiger partial charge in [0.1, 0.15) is 11.5 Å². The number of hydrogen-bond acceptors (Lipinski definition) is 8. The molecule has 33 heavy (non-hydrogen) atoms. The summed E-state index contributed by atoms with van der Waals surface area (Å²) < 4.78 is 35.3. The zero-order valence-electron chi connectivity index (χ0n) is 17.8. The van der Waals surface area contributed by atoms with Crippen LogP contribution in [0.5, 0.6) is 23.0 Å². The molecule has 0 spiro atoms. The molecule has 1 aliphatic heterocycles. The Morgan fingerprint density at radius 2 is 1.58 bits per heavy atom. The quantitative estimate of drug-likeness (QED) is 0.209. The zero-order valence-corrected chi connectivity index (χ0v) is 18.7. The fourth-order valence-corrected chi connectivity index (χ4v) is 4.16. The highest BCUT2D eigenvalue weighted by Crippen LogP contribution is 2.45. The van der Waals surface area contributed by atoms with E-state index in [9.17, 15) is 14.7 Å². The SMILES string of the molecule is Cc1cccc(OP(=O)(NN=Cc2cc3c(cc2[N+](=O)[O-])OCO3)Oc2cccc(C)c2)c1. The summed E-state index contributed by atoms with van der Waals surface area (Å²) in [5.41, 5.74) is 1.66. The average molecular weight is 469 g/mol. The van der Waals surface area contributed by atoms with Gasteiger partial charge in [-0.15, -0.1) is 0 Å². The monoisotopic (exact) mass is 469 g/mol. The summed E-state index contributed by atoms with van der Waals surface area (Å²) in [6, 6.07) is 16.5. The number of nitro benzene ring substituents is 1. The fourth-order valence-electron chi connectivity index (χ4n) is 3.06. The van der Waals surface area contributed by atoms with Crippen molar-refractivity contribution in [3.8, 4) is 23.0 Å². The van der Waals surface area contributed by atoms with Crippen LogP contribution in [-0.2, 0) is 4.57 Å². The fraction of sp³-hybridized carbons (Fsp3) is 0.136. The Morgan fingerprint density at radius 1 is 1.00 bits per heavy atom. The van der Waals surface area contributed by atoms with Crippen LogP contribution in [0.1, 0.15) is 16.7 Å². The summed E-state index contributed by atoms with van der Waals surface area (Å²) in [5.74, 6) is 1.23. The van der Waals surface area contributed by atoms with E-state index < -0.39 is 12.7 Å². The van der Waals surface area contributed by atoms with Gasteiger partial charge in [0.05, 0.1) is 22.8 Å². The van der Waals surface area contributed by atoms with Crippen LogP contribution in [0.25, 0.3) is 0 Å². The lowest BCUT2D eigenvalue weighted by Crippen LogP contribution is -2.14. The third-order valence-corrected chi connectivity index (χ3v) is 5.80. The van der Waals surface area contributed by atoms with Crippen LogP contribution in [0.4, 0.5) is 5.69 Å². The minimum atomic E-state index is -4.07. The Bertz CT molecular complexity index is 1230. The maximum absolute atomic E-state index is 13.5. The largest absolute Gasteiger partial charge is 0.557 e. The molecule has 1 N–H and O–H groups in total. The van der Waals surface area contributed by atoms with E-state index in [1.165, 1.54) is 12.1 Å². The number of nitrogens with one attached hydrogen (secondary N) is 1. The van der Waals surface area contributed by atoms with E-state index in [1.807, 2.05) is 26.0 Å². The van der Waals surface area contributed by atoms with Crippen LogP contribution >= 0.6 is 7.75 Å². The van der Waals surface area contributed by atoms with E-state index in [0.717, 1.165) is 17.3 Å². The van der Waals surface area contributed by atoms with Crippen molar-refractivity contribution in [2.45, 2.75) is 13.8 Å². The van der Waals surface area contributed by atoms with Crippen molar-refractivity contribution in [1.29, 1.82) is 0 Å². The summed E-state index contributed by atoms with van der Waals surface area (Å²) in [7, 11) is -4.07. The Morgan fingerprint density at radius 3 is 2.12 bits per heavy atom. The van der Waals surface area contributed by atoms with Crippen LogP contribution in [-0.4, -0.2) is 17.9 Å². The minimum Gasteiger partial charge on any atom is -0.454 e. The van der Waals surface area contributed by atoms with E-state index in [1.54, 1.807) is 36.4 Å². The third kappa shape index (κ3) is 5.42. The van der Waals surface area contributed by atoms with Gasteiger partial charge in [0.2, 0.25) is 6.79 Å². The molecular weight excluding hydrogens is 449 g/mol. The number of nitrogens with zero attached hydrogens (tertiary/aromatic N) is 2. The summed E-state index contributed by atoms with van der Waals surface area (Å²) in [4.78, 5) is 10.9. The number of nitro groups is 1. The van der Waals surface area contributed by atoms with Crippen molar-refractivity contribution >= 4 is 19.6 Å². The summed E-state index contributed by atoms with van der Waals surface area (Å²) in [6.45, 7) is 3.70. The highest BCUT2D eigenvalue weighted by atomic mass is 31.2. The van der Waals surface area contributed by atoms with Gasteiger partial charge in [0.15, 0.2) is 11.5 Å². The first-order valence-electron chi connectivity index (χ1n) is 9.82. The molecule has 1 heterocycles. The minimum absolute atomic E-state index is 0.0325. The second-order valence-corrected chi connectivity index (χ2v) is 8.75. The maximum atomic E-state index is 13.5. The van der Waals surface area contributed by atoms with E-state index in [2.05, 4.69) is 10.3 Å². The number of benzene rings is 3. The molecule has 0 aromatic heterocycles. The predicted octanol–water partition coefficient (Wildman–Crippen LogP) is 5.13. The molecule has 0 saturated heterocycles. The molecule has 0 fully saturated rings. The van der Waals surface area contributed by atoms with Gasteiger partial charge in [-0.2, -0.15) is 10.3 Å². The average Bonchev–Trinajstić information content (AvgIpc) is 3.20. The number of hydrogen-bond donors (Lipinski definition) is 1. The van der Waals surface area contributed by atoms with Crippen LogP contribution < -0.4 is 23.7 Å². The van der Waals surface area contributed by atoms with Crippen molar-refractivity contribution in [3.63, 3.8) is 0 Å². The van der Waals surface area contributed by atoms with Crippen LogP contribution in [0, 0.1) is 24.0 Å². The maximum Gasteiger partial charge on any atom is 0.557 e. The van der Waals surface area contributed by atoms with Gasteiger partial charge in [-0.05, 0) is 55.3 Å². The van der Waals surface area contributed by atoms with Gasteiger partial charge in [0, 0.05) is 0 Å². The number of ether oxygens (including phenoxy) is 2. The van der Waals surface area contributed by atoms with E-state index >= 15 is 0 Å². The topological polar surface area (TPSA) is 122 Å². The highest BCUT2D eigenvalue weighted by molar-refractivity contribution is 7.52. The summed E-state index contributed by atoms with van der Waals surface area (Å²) in [5, 5.41) is 17.8. The molecular formula is C22H20N3O7P. The molecule has 0 saturated carbocycles. The first-order valence-corrected chi connectivity index (χ1v) is 11.4. The van der Waals surface area contributed by atoms with Gasteiger partial charge in [0.25, 0.3) is 5.69 Å². The van der Waals surface area contributed by atoms with Crippen LogP contribution in [0.2, 0.25) is 0 Å². The van der Waals surface area contributed by atoms with Gasteiger partial charge >= 0.3 is 7.75 Å². The Kier molecular flexibility index (Phi) is 6.19. The van der Waals surface area contributed by atoms with E-state index in [4.69, 9.17) is 18.5 Å². The molecule has 0 atom stereocenters. The Labute approximate surface area is 189 Å². The Hall–Kier alpha value is -4.04. The molecule has 0 unspecified atom stereocenters. The van der Waals surface area contributed by atoms with Crippen molar-refractivity contribution in [2.75, 3.05) is 6.79 Å². The van der Waals surface area contributed by atoms with Gasteiger partial charge in [-0.25, -0.2) is 4.57 Å². The first-order chi connectivity index (χ1) is 15.8. The molecule has 4 rings (SSSR count). The lowest BCUT2D eigenvalue weighted by atomic mass is 10.1. The molecule has 0 bridgehead atoms. The zero-order chi connectivity index (χ0) is 23.4. The Balaban J connectivity index is 1.62. The van der Waals surface area contributed by atoms with Gasteiger partial charge in [-0.1, -0.05) is 24.3 Å². The number of aryl methyl sites for hydroxylation is 2. The van der Waals surface area contributed by atoms with Crippen molar-refractivity contribution in [2.24, 2.45) is 5.10 Å². The summed E-state index contributed by atoms with van der Waals surface area (Å²) >= 11 is 0. The molecule has 10 nitrogen and oxygen atoms in total. The van der Waals surface area contributed by atoms with Crippen LogP contribution in [0.3, 0.4) is 0 Å². The van der Waals surface area contributed by atoms with Crippen LogP contribution in [0.15, 0.2) is 65.8 Å². The van der Waals surface area contributed by atoms with Crippen molar-refractivity contribution < 1.29 is 28.0 Å².